The van der Waals surface area contributed by atoms with E-state index in [2.05, 4.69) is 0 Å². The molecule has 1 aliphatic rings. The molecule has 11 heavy (non-hydrogen) atoms. The van der Waals surface area contributed by atoms with E-state index in [4.69, 9.17) is 0 Å². The van der Waals surface area contributed by atoms with Gasteiger partial charge in [0.1, 0.15) is 0 Å². The summed E-state index contributed by atoms with van der Waals surface area (Å²) in [6.07, 6.45) is 0. The molecule has 0 aromatic carbocycles. The average molecular weight is 160 g/mol. The summed E-state index contributed by atoms with van der Waals surface area (Å²) >= 11 is 0. The van der Waals surface area contributed by atoms with Gasteiger partial charge in [-0.05, 0) is 25.3 Å². The summed E-state index contributed by atoms with van der Waals surface area (Å²) in [4.78, 5) is 0. The highest BCUT2D eigenvalue weighted by Gasteiger charge is 2.48. The molecule has 0 nitrogen and oxygen atoms in total. The van der Waals surface area contributed by atoms with E-state index in [1.165, 1.54) is 6.92 Å². The standard InChI is InChI=1S/C9H14F2/c1-5-6(2)8(4)9(10,11)7(5)3/h5,7H,1-4H3. The van der Waals surface area contributed by atoms with Gasteiger partial charge in [-0.3, -0.25) is 0 Å². The number of halogens is 2. The first-order chi connectivity index (χ1) is 4.89. The van der Waals surface area contributed by atoms with Crippen molar-refractivity contribution in [3.63, 3.8) is 0 Å². The van der Waals surface area contributed by atoms with Crippen LogP contribution in [0.15, 0.2) is 11.1 Å². The van der Waals surface area contributed by atoms with Crippen LogP contribution in [0.1, 0.15) is 27.7 Å². The smallest absolute Gasteiger partial charge is 0.201 e. The van der Waals surface area contributed by atoms with Gasteiger partial charge < -0.3 is 0 Å². The van der Waals surface area contributed by atoms with Crippen molar-refractivity contribution >= 4 is 0 Å². The molecule has 0 heterocycles. The molecular formula is C9H14F2. The zero-order valence-corrected chi connectivity index (χ0v) is 7.41. The van der Waals surface area contributed by atoms with Gasteiger partial charge in [0.05, 0.1) is 0 Å². The lowest BCUT2D eigenvalue weighted by atomic mass is 9.94. The Morgan fingerprint density at radius 2 is 1.64 bits per heavy atom. The van der Waals surface area contributed by atoms with Crippen molar-refractivity contribution in [1.29, 1.82) is 0 Å². The zero-order valence-electron chi connectivity index (χ0n) is 7.41. The van der Waals surface area contributed by atoms with Gasteiger partial charge in [-0.2, -0.15) is 0 Å². The Morgan fingerprint density at radius 3 is 1.73 bits per heavy atom. The fourth-order valence-electron chi connectivity index (χ4n) is 1.63. The van der Waals surface area contributed by atoms with Crippen molar-refractivity contribution in [1.82, 2.24) is 0 Å². The predicted molar refractivity (Wildman–Crippen MR) is 41.6 cm³/mol. The molecule has 0 amide bonds. The second-order valence-corrected chi connectivity index (χ2v) is 3.51. The number of allylic oxidation sites excluding steroid dienone is 2. The molecule has 2 unspecified atom stereocenters. The van der Waals surface area contributed by atoms with Crippen molar-refractivity contribution in [2.75, 3.05) is 0 Å². The number of hydrogen-bond acceptors (Lipinski definition) is 0. The molecule has 0 N–H and O–H groups in total. The molecule has 0 spiro atoms. The number of rotatable bonds is 0. The molecule has 0 aliphatic heterocycles. The molecule has 1 aliphatic carbocycles. The van der Waals surface area contributed by atoms with Crippen molar-refractivity contribution < 1.29 is 8.78 Å². The van der Waals surface area contributed by atoms with Crippen LogP contribution in [0.4, 0.5) is 8.78 Å². The van der Waals surface area contributed by atoms with Gasteiger partial charge >= 0.3 is 0 Å². The molecule has 0 aromatic heterocycles. The first kappa shape index (κ1) is 8.69. The highest BCUT2D eigenvalue weighted by molar-refractivity contribution is 5.28. The first-order valence-corrected chi connectivity index (χ1v) is 3.94. The molecule has 64 valence electrons. The minimum Gasteiger partial charge on any atom is -0.201 e. The Balaban J connectivity index is 3.06. The lowest BCUT2D eigenvalue weighted by Gasteiger charge is -2.19. The van der Waals surface area contributed by atoms with E-state index in [-0.39, 0.29) is 11.5 Å². The Hall–Kier alpha value is -0.400. The van der Waals surface area contributed by atoms with Gasteiger partial charge in [-0.15, -0.1) is 0 Å². The predicted octanol–water partition coefficient (Wildman–Crippen LogP) is 3.24. The van der Waals surface area contributed by atoms with E-state index in [1.54, 1.807) is 13.8 Å². The molecule has 0 fully saturated rings. The minimum absolute atomic E-state index is 0.0324. The van der Waals surface area contributed by atoms with Crippen LogP contribution in [0.2, 0.25) is 0 Å². The van der Waals surface area contributed by atoms with Crippen LogP contribution in [-0.4, -0.2) is 5.92 Å². The van der Waals surface area contributed by atoms with Gasteiger partial charge in [0.2, 0.25) is 0 Å². The summed E-state index contributed by atoms with van der Waals surface area (Å²) < 4.78 is 26.3. The van der Waals surface area contributed by atoms with Crippen molar-refractivity contribution in [2.24, 2.45) is 11.8 Å². The number of hydrogen-bond donors (Lipinski definition) is 0. The largest absolute Gasteiger partial charge is 0.272 e. The van der Waals surface area contributed by atoms with Crippen molar-refractivity contribution in [2.45, 2.75) is 33.6 Å². The van der Waals surface area contributed by atoms with Gasteiger partial charge in [0.15, 0.2) is 0 Å². The van der Waals surface area contributed by atoms with E-state index >= 15 is 0 Å². The molecule has 1 rings (SSSR count). The topological polar surface area (TPSA) is 0 Å². The lowest BCUT2D eigenvalue weighted by Crippen LogP contribution is -2.24. The van der Waals surface area contributed by atoms with Gasteiger partial charge in [-0.1, -0.05) is 19.4 Å². The van der Waals surface area contributed by atoms with E-state index in [1.807, 2.05) is 6.92 Å². The Bertz CT molecular complexity index is 204. The van der Waals surface area contributed by atoms with Crippen LogP contribution in [-0.2, 0) is 0 Å². The van der Waals surface area contributed by atoms with Crippen LogP contribution in [0.25, 0.3) is 0 Å². The lowest BCUT2D eigenvalue weighted by molar-refractivity contribution is -0.0128. The Kier molecular flexibility index (Phi) is 1.81. The molecule has 0 saturated heterocycles. The van der Waals surface area contributed by atoms with Crippen molar-refractivity contribution in [3.05, 3.63) is 11.1 Å². The van der Waals surface area contributed by atoms with Crippen LogP contribution in [0.5, 0.6) is 0 Å². The van der Waals surface area contributed by atoms with E-state index in [0.29, 0.717) is 0 Å². The minimum atomic E-state index is -2.57. The van der Waals surface area contributed by atoms with Crippen LogP contribution < -0.4 is 0 Å². The van der Waals surface area contributed by atoms with Crippen LogP contribution in [0.3, 0.4) is 0 Å². The first-order valence-electron chi connectivity index (χ1n) is 3.94. The summed E-state index contributed by atoms with van der Waals surface area (Å²) in [5, 5.41) is 0. The molecular weight excluding hydrogens is 146 g/mol. The molecule has 0 saturated carbocycles. The van der Waals surface area contributed by atoms with Gasteiger partial charge in [0.25, 0.3) is 5.92 Å². The van der Waals surface area contributed by atoms with E-state index in [0.717, 1.165) is 5.57 Å². The monoisotopic (exact) mass is 160 g/mol. The van der Waals surface area contributed by atoms with E-state index in [9.17, 15) is 8.78 Å². The maximum atomic E-state index is 13.2. The quantitative estimate of drug-likeness (QED) is 0.477. The third-order valence-electron chi connectivity index (χ3n) is 3.10. The Morgan fingerprint density at radius 1 is 1.18 bits per heavy atom. The molecule has 2 heteroatoms. The molecule has 0 aromatic rings. The maximum absolute atomic E-state index is 13.2. The molecule has 0 radical (unpaired) electrons. The summed E-state index contributed by atoms with van der Waals surface area (Å²) in [5.41, 5.74) is 1.14. The van der Waals surface area contributed by atoms with Gasteiger partial charge in [-0.25, -0.2) is 8.78 Å². The third kappa shape index (κ3) is 0.996. The Labute approximate surface area is 66.3 Å². The highest BCUT2D eigenvalue weighted by atomic mass is 19.3. The normalized spacial score (nSPS) is 36.5. The fourth-order valence-corrected chi connectivity index (χ4v) is 1.63. The summed E-state index contributed by atoms with van der Waals surface area (Å²) in [5.74, 6) is -3.06. The number of alkyl halides is 2. The third-order valence-corrected chi connectivity index (χ3v) is 3.10. The summed E-state index contributed by atoms with van der Waals surface area (Å²) in [7, 11) is 0. The molecule has 2 atom stereocenters. The van der Waals surface area contributed by atoms with E-state index < -0.39 is 11.8 Å². The summed E-state index contributed by atoms with van der Waals surface area (Å²) in [6.45, 7) is 6.82. The molecule has 0 bridgehead atoms. The SMILES string of the molecule is CC1=C(C)C(F)(F)C(C)C1C. The zero-order chi connectivity index (χ0) is 8.81. The second-order valence-electron chi connectivity index (χ2n) is 3.51. The van der Waals surface area contributed by atoms with Gasteiger partial charge in [0, 0.05) is 5.92 Å². The fraction of sp³-hybridized carbons (Fsp3) is 0.778. The summed E-state index contributed by atoms with van der Waals surface area (Å²) in [6, 6.07) is 0. The van der Waals surface area contributed by atoms with Crippen LogP contribution >= 0.6 is 0 Å². The second kappa shape index (κ2) is 2.29. The maximum Gasteiger partial charge on any atom is 0.272 e. The van der Waals surface area contributed by atoms with Crippen LogP contribution in [0, 0.1) is 11.8 Å². The van der Waals surface area contributed by atoms with Crippen molar-refractivity contribution in [3.8, 4) is 0 Å². The highest BCUT2D eigenvalue weighted by Crippen LogP contribution is 2.47. The average Bonchev–Trinajstić information content (AvgIpc) is 2.06.